The highest BCUT2D eigenvalue weighted by atomic mass is 19.2. The van der Waals surface area contributed by atoms with Crippen LogP contribution in [-0.2, 0) is 9.53 Å². The Morgan fingerprint density at radius 2 is 2.06 bits per heavy atom. The Kier molecular flexibility index (Phi) is 4.96. The highest BCUT2D eigenvalue weighted by Crippen LogP contribution is 2.18. The molecule has 1 N–H and O–H groups in total. The van der Waals surface area contributed by atoms with Gasteiger partial charge in [-0.2, -0.15) is 0 Å². The lowest BCUT2D eigenvalue weighted by Gasteiger charge is -2.07. The van der Waals surface area contributed by atoms with Crippen molar-refractivity contribution in [3.63, 3.8) is 0 Å². The fourth-order valence-corrected chi connectivity index (χ4v) is 1.14. The van der Waals surface area contributed by atoms with E-state index in [9.17, 15) is 18.0 Å². The van der Waals surface area contributed by atoms with Crippen LogP contribution in [0.5, 0.6) is 0 Å². The van der Waals surface area contributed by atoms with E-state index in [4.69, 9.17) is 4.74 Å². The minimum absolute atomic E-state index is 0.286. The van der Waals surface area contributed by atoms with E-state index in [1.807, 2.05) is 12.2 Å². The van der Waals surface area contributed by atoms with Crippen LogP contribution in [0, 0.1) is 17.5 Å². The number of ether oxygens (including phenoxy) is 1. The van der Waals surface area contributed by atoms with Crippen molar-refractivity contribution in [1.29, 1.82) is 0 Å². The summed E-state index contributed by atoms with van der Waals surface area (Å²) in [5.41, 5.74) is -0.535. The standard InChI is InChI=1S/C11H12F3NO2/c1-2-3-17-6-10(16)15-9-5-7(12)4-8(13)11(9)14/h4-5H,2-3,6H2,1H3,(H,15,16). The summed E-state index contributed by atoms with van der Waals surface area (Å²) in [6, 6.07) is 1.11. The molecule has 0 aliphatic carbocycles. The Morgan fingerprint density at radius 1 is 1.35 bits per heavy atom. The number of benzene rings is 1. The predicted molar refractivity (Wildman–Crippen MR) is 56.1 cm³/mol. The molecule has 0 unspecified atom stereocenters. The first kappa shape index (κ1) is 13.5. The summed E-state index contributed by atoms with van der Waals surface area (Å²) in [7, 11) is 0. The average molecular weight is 247 g/mol. The largest absolute Gasteiger partial charge is 0.372 e. The maximum absolute atomic E-state index is 13.1. The molecule has 17 heavy (non-hydrogen) atoms. The Labute approximate surface area is 96.6 Å². The maximum atomic E-state index is 13.1. The van der Waals surface area contributed by atoms with Crippen molar-refractivity contribution in [3.8, 4) is 0 Å². The van der Waals surface area contributed by atoms with E-state index in [0.29, 0.717) is 18.7 Å². The van der Waals surface area contributed by atoms with Gasteiger partial charge in [-0.1, -0.05) is 6.92 Å². The molecule has 0 aliphatic rings. The number of nitrogens with one attached hydrogen (secondary N) is 1. The Bertz CT molecular complexity index is 410. The Morgan fingerprint density at radius 3 is 2.71 bits per heavy atom. The minimum Gasteiger partial charge on any atom is -0.372 e. The predicted octanol–water partition coefficient (Wildman–Crippen LogP) is 2.47. The fraction of sp³-hybridized carbons (Fsp3) is 0.364. The summed E-state index contributed by atoms with van der Waals surface area (Å²) >= 11 is 0. The lowest BCUT2D eigenvalue weighted by molar-refractivity contribution is -0.120. The first-order valence-electron chi connectivity index (χ1n) is 5.06. The van der Waals surface area contributed by atoms with Gasteiger partial charge in [0.1, 0.15) is 12.4 Å². The molecule has 0 aliphatic heterocycles. The van der Waals surface area contributed by atoms with Crippen LogP contribution in [0.25, 0.3) is 0 Å². The maximum Gasteiger partial charge on any atom is 0.250 e. The average Bonchev–Trinajstić information content (AvgIpc) is 2.25. The van der Waals surface area contributed by atoms with E-state index >= 15 is 0 Å². The van der Waals surface area contributed by atoms with Gasteiger partial charge in [0, 0.05) is 18.7 Å². The fourth-order valence-electron chi connectivity index (χ4n) is 1.14. The lowest BCUT2D eigenvalue weighted by atomic mass is 10.3. The second kappa shape index (κ2) is 6.24. The number of rotatable bonds is 5. The molecule has 3 nitrogen and oxygen atoms in total. The third-order valence-corrected chi connectivity index (χ3v) is 1.85. The van der Waals surface area contributed by atoms with Gasteiger partial charge in [0.2, 0.25) is 5.91 Å². The van der Waals surface area contributed by atoms with Crippen molar-refractivity contribution in [2.24, 2.45) is 0 Å². The second-order valence-electron chi connectivity index (χ2n) is 3.35. The first-order valence-corrected chi connectivity index (χ1v) is 5.06. The molecule has 6 heteroatoms. The van der Waals surface area contributed by atoms with Gasteiger partial charge < -0.3 is 10.1 Å². The Balaban J connectivity index is 2.65. The van der Waals surface area contributed by atoms with E-state index in [0.717, 1.165) is 6.42 Å². The number of carbonyl (C=O) groups excluding carboxylic acids is 1. The van der Waals surface area contributed by atoms with E-state index in [1.54, 1.807) is 0 Å². The summed E-state index contributed by atoms with van der Waals surface area (Å²) in [4.78, 5) is 11.2. The Hall–Kier alpha value is -1.56. The van der Waals surface area contributed by atoms with Crippen LogP contribution in [0.1, 0.15) is 13.3 Å². The van der Waals surface area contributed by atoms with Crippen molar-refractivity contribution in [2.75, 3.05) is 18.5 Å². The molecular formula is C11H12F3NO2. The zero-order chi connectivity index (χ0) is 12.8. The smallest absolute Gasteiger partial charge is 0.250 e. The molecule has 1 aromatic carbocycles. The van der Waals surface area contributed by atoms with Gasteiger partial charge in [-0.3, -0.25) is 4.79 Å². The van der Waals surface area contributed by atoms with Crippen molar-refractivity contribution in [3.05, 3.63) is 29.6 Å². The van der Waals surface area contributed by atoms with Crippen LogP contribution in [0.2, 0.25) is 0 Å². The molecule has 0 fully saturated rings. The van der Waals surface area contributed by atoms with Crippen LogP contribution in [-0.4, -0.2) is 19.1 Å². The van der Waals surface area contributed by atoms with Gasteiger partial charge in [-0.25, -0.2) is 13.2 Å². The molecule has 0 spiro atoms. The number of hydrogen-bond donors (Lipinski definition) is 1. The summed E-state index contributed by atoms with van der Waals surface area (Å²) in [5, 5.41) is 2.03. The number of anilines is 1. The van der Waals surface area contributed by atoms with Crippen molar-refractivity contribution < 1.29 is 22.7 Å². The highest BCUT2D eigenvalue weighted by Gasteiger charge is 2.13. The van der Waals surface area contributed by atoms with Crippen LogP contribution >= 0.6 is 0 Å². The summed E-state index contributed by atoms with van der Waals surface area (Å²) in [5.74, 6) is -4.28. The molecule has 0 radical (unpaired) electrons. The molecule has 0 aromatic heterocycles. The molecular weight excluding hydrogens is 235 g/mol. The minimum atomic E-state index is -1.35. The zero-order valence-corrected chi connectivity index (χ0v) is 9.23. The number of amides is 1. The van der Waals surface area contributed by atoms with Crippen LogP contribution in [0.4, 0.5) is 18.9 Å². The molecule has 94 valence electrons. The molecule has 0 saturated carbocycles. The van der Waals surface area contributed by atoms with Crippen molar-refractivity contribution in [2.45, 2.75) is 13.3 Å². The van der Waals surface area contributed by atoms with E-state index in [-0.39, 0.29) is 6.61 Å². The number of halogens is 3. The van der Waals surface area contributed by atoms with Crippen molar-refractivity contribution >= 4 is 11.6 Å². The van der Waals surface area contributed by atoms with Crippen LogP contribution in [0.15, 0.2) is 12.1 Å². The van der Waals surface area contributed by atoms with Crippen molar-refractivity contribution in [1.82, 2.24) is 0 Å². The molecule has 0 saturated heterocycles. The van der Waals surface area contributed by atoms with Crippen LogP contribution in [0.3, 0.4) is 0 Å². The number of hydrogen-bond acceptors (Lipinski definition) is 2. The quantitative estimate of drug-likeness (QED) is 0.641. The zero-order valence-electron chi connectivity index (χ0n) is 9.23. The normalized spacial score (nSPS) is 10.4. The van der Waals surface area contributed by atoms with Gasteiger partial charge in [-0.15, -0.1) is 0 Å². The SMILES string of the molecule is CCCOCC(=O)Nc1cc(F)cc(F)c1F. The van der Waals surface area contributed by atoms with Crippen LogP contribution < -0.4 is 5.32 Å². The van der Waals surface area contributed by atoms with E-state index in [1.165, 1.54) is 0 Å². The summed E-state index contributed by atoms with van der Waals surface area (Å²) in [6.45, 7) is 1.96. The molecule has 1 rings (SSSR count). The molecule has 1 aromatic rings. The lowest BCUT2D eigenvalue weighted by Crippen LogP contribution is -2.19. The summed E-state index contributed by atoms with van der Waals surface area (Å²) < 4.78 is 43.6. The van der Waals surface area contributed by atoms with Gasteiger partial charge in [0.05, 0.1) is 5.69 Å². The monoisotopic (exact) mass is 247 g/mol. The number of carbonyl (C=O) groups is 1. The second-order valence-corrected chi connectivity index (χ2v) is 3.35. The molecule has 0 atom stereocenters. The highest BCUT2D eigenvalue weighted by molar-refractivity contribution is 5.91. The third-order valence-electron chi connectivity index (χ3n) is 1.85. The summed E-state index contributed by atoms with van der Waals surface area (Å²) in [6.07, 6.45) is 0.732. The van der Waals surface area contributed by atoms with Gasteiger partial charge in [-0.05, 0) is 6.42 Å². The van der Waals surface area contributed by atoms with Gasteiger partial charge in [0.15, 0.2) is 11.6 Å². The third kappa shape index (κ3) is 4.07. The molecule has 1 amide bonds. The topological polar surface area (TPSA) is 38.3 Å². The first-order chi connectivity index (χ1) is 8.04. The van der Waals surface area contributed by atoms with Gasteiger partial charge in [0.25, 0.3) is 0 Å². The molecule has 0 bridgehead atoms. The van der Waals surface area contributed by atoms with E-state index in [2.05, 4.69) is 0 Å². The molecule has 0 heterocycles. The van der Waals surface area contributed by atoms with E-state index < -0.39 is 29.0 Å². The van der Waals surface area contributed by atoms with Gasteiger partial charge >= 0.3 is 0 Å².